The molecule has 7 heteroatoms. The van der Waals surface area contributed by atoms with Crippen LogP contribution in [-0.4, -0.2) is 25.2 Å². The smallest absolute Gasteiger partial charge is 0.231 e. The minimum absolute atomic E-state index is 0.0817. The van der Waals surface area contributed by atoms with E-state index in [4.69, 9.17) is 21.1 Å². The lowest BCUT2D eigenvalue weighted by molar-refractivity contribution is -0.126. The van der Waals surface area contributed by atoms with Crippen LogP contribution in [0.5, 0.6) is 11.5 Å². The molecule has 6 nitrogen and oxygen atoms in total. The Kier molecular flexibility index (Phi) is 4.42. The highest BCUT2D eigenvalue weighted by Crippen LogP contribution is 2.37. The van der Waals surface area contributed by atoms with Crippen molar-refractivity contribution in [3.05, 3.63) is 53.1 Å². The van der Waals surface area contributed by atoms with Crippen molar-refractivity contribution in [3.63, 3.8) is 0 Å². The zero-order valence-electron chi connectivity index (χ0n) is 13.9. The molecule has 26 heavy (non-hydrogen) atoms. The van der Waals surface area contributed by atoms with Gasteiger partial charge in [0.1, 0.15) is 0 Å². The minimum atomic E-state index is -0.393. The van der Waals surface area contributed by atoms with Gasteiger partial charge in [-0.2, -0.15) is 0 Å². The molecule has 2 aromatic carbocycles. The fourth-order valence-corrected chi connectivity index (χ4v) is 3.36. The topological polar surface area (TPSA) is 67.9 Å². The van der Waals surface area contributed by atoms with Crippen molar-refractivity contribution in [2.75, 3.05) is 18.2 Å². The molecule has 1 saturated heterocycles. The molecular formula is C19H17ClN2O4. The summed E-state index contributed by atoms with van der Waals surface area (Å²) in [5, 5.41) is 3.48. The van der Waals surface area contributed by atoms with Crippen LogP contribution in [0.3, 0.4) is 0 Å². The van der Waals surface area contributed by atoms with E-state index >= 15 is 0 Å². The second-order valence-corrected chi connectivity index (χ2v) is 6.66. The van der Waals surface area contributed by atoms with Crippen LogP contribution in [-0.2, 0) is 16.1 Å². The summed E-state index contributed by atoms with van der Waals surface area (Å²) in [6.45, 7) is 0.861. The summed E-state index contributed by atoms with van der Waals surface area (Å²) in [4.78, 5) is 26.4. The van der Waals surface area contributed by atoms with Gasteiger partial charge < -0.3 is 19.7 Å². The molecule has 1 fully saturated rings. The van der Waals surface area contributed by atoms with Crippen LogP contribution >= 0.6 is 11.6 Å². The number of fused-ring (bicyclic) bond motifs is 1. The summed E-state index contributed by atoms with van der Waals surface area (Å²) < 4.78 is 10.6. The second kappa shape index (κ2) is 6.88. The van der Waals surface area contributed by atoms with E-state index in [0.717, 1.165) is 5.56 Å². The maximum Gasteiger partial charge on any atom is 0.231 e. The van der Waals surface area contributed by atoms with Crippen molar-refractivity contribution >= 4 is 29.1 Å². The summed E-state index contributed by atoms with van der Waals surface area (Å²) in [7, 11) is 0. The number of nitrogens with one attached hydrogen (secondary N) is 1. The first kappa shape index (κ1) is 16.7. The number of halogens is 1. The van der Waals surface area contributed by atoms with Crippen LogP contribution in [0.25, 0.3) is 0 Å². The quantitative estimate of drug-likeness (QED) is 0.896. The van der Waals surface area contributed by atoms with Crippen molar-refractivity contribution in [1.82, 2.24) is 5.32 Å². The molecule has 2 aromatic rings. The Morgan fingerprint density at radius 3 is 2.85 bits per heavy atom. The van der Waals surface area contributed by atoms with Gasteiger partial charge in [0, 0.05) is 36.3 Å². The van der Waals surface area contributed by atoms with Gasteiger partial charge >= 0.3 is 0 Å². The van der Waals surface area contributed by atoms with E-state index in [1.807, 2.05) is 18.2 Å². The Balaban J connectivity index is 1.41. The Morgan fingerprint density at radius 2 is 2.00 bits per heavy atom. The number of carbonyl (C=O) groups excluding carboxylic acids is 2. The molecule has 1 unspecified atom stereocenters. The van der Waals surface area contributed by atoms with Crippen molar-refractivity contribution in [2.24, 2.45) is 5.92 Å². The summed E-state index contributed by atoms with van der Waals surface area (Å²) in [5.41, 5.74) is 1.56. The molecular weight excluding hydrogens is 356 g/mol. The number of nitrogens with zero attached hydrogens (tertiary/aromatic N) is 1. The first-order valence-electron chi connectivity index (χ1n) is 8.33. The molecule has 2 aliphatic rings. The number of hydrogen-bond acceptors (Lipinski definition) is 4. The highest BCUT2D eigenvalue weighted by Gasteiger charge is 2.35. The first-order valence-corrected chi connectivity index (χ1v) is 8.71. The number of hydrogen-bond donors (Lipinski definition) is 1. The Labute approximate surface area is 155 Å². The number of amides is 2. The van der Waals surface area contributed by atoms with E-state index in [-0.39, 0.29) is 25.0 Å². The molecule has 0 radical (unpaired) electrons. The molecule has 0 saturated carbocycles. The van der Waals surface area contributed by atoms with Crippen LogP contribution in [0.15, 0.2) is 42.5 Å². The summed E-state index contributed by atoms with van der Waals surface area (Å²) >= 11 is 6.10. The average Bonchev–Trinajstić information content (AvgIpc) is 3.26. The monoisotopic (exact) mass is 372 g/mol. The lowest BCUT2D eigenvalue weighted by Gasteiger charge is -2.17. The van der Waals surface area contributed by atoms with Gasteiger partial charge in [0.05, 0.1) is 5.92 Å². The number of ether oxygens (including phenoxy) is 2. The van der Waals surface area contributed by atoms with Crippen LogP contribution in [0.4, 0.5) is 5.69 Å². The highest BCUT2D eigenvalue weighted by molar-refractivity contribution is 6.31. The lowest BCUT2D eigenvalue weighted by atomic mass is 10.1. The van der Waals surface area contributed by atoms with Gasteiger partial charge in [-0.05, 0) is 23.8 Å². The number of carbonyl (C=O) groups is 2. The fourth-order valence-electron chi connectivity index (χ4n) is 3.15. The van der Waals surface area contributed by atoms with Crippen LogP contribution in [0, 0.1) is 5.92 Å². The normalized spacial score (nSPS) is 18.3. The zero-order valence-corrected chi connectivity index (χ0v) is 14.7. The molecule has 2 aliphatic heterocycles. The van der Waals surface area contributed by atoms with Gasteiger partial charge in [0.15, 0.2) is 11.5 Å². The fraction of sp³-hybridized carbons (Fsp3) is 0.263. The standard InChI is InChI=1S/C19H17ClN2O4/c20-15-4-2-1-3-12(15)9-21-19(24)13-7-18(23)22(10-13)14-5-6-16-17(8-14)26-11-25-16/h1-6,8,13H,7,9-11H2,(H,21,24). The largest absolute Gasteiger partial charge is 0.454 e. The van der Waals surface area contributed by atoms with Crippen molar-refractivity contribution in [3.8, 4) is 11.5 Å². The van der Waals surface area contributed by atoms with E-state index < -0.39 is 5.92 Å². The predicted molar refractivity (Wildman–Crippen MR) is 96.3 cm³/mol. The maximum atomic E-state index is 12.5. The maximum absolute atomic E-state index is 12.5. The molecule has 134 valence electrons. The summed E-state index contributed by atoms with van der Waals surface area (Å²) in [6, 6.07) is 12.7. The Hall–Kier alpha value is -2.73. The molecule has 2 amide bonds. The second-order valence-electron chi connectivity index (χ2n) is 6.25. The van der Waals surface area contributed by atoms with E-state index in [2.05, 4.69) is 5.32 Å². The minimum Gasteiger partial charge on any atom is -0.454 e. The predicted octanol–water partition coefficient (Wildman–Crippen LogP) is 2.74. The molecule has 0 spiro atoms. The summed E-state index contributed by atoms with van der Waals surface area (Å²) in [6.07, 6.45) is 0.183. The van der Waals surface area contributed by atoms with Crippen molar-refractivity contribution in [2.45, 2.75) is 13.0 Å². The van der Waals surface area contributed by atoms with Crippen LogP contribution < -0.4 is 19.7 Å². The third-order valence-corrected chi connectivity index (χ3v) is 4.94. The number of benzene rings is 2. The van der Waals surface area contributed by atoms with E-state index in [0.29, 0.717) is 35.3 Å². The van der Waals surface area contributed by atoms with Crippen molar-refractivity contribution < 1.29 is 19.1 Å². The van der Waals surface area contributed by atoms with Gasteiger partial charge in [-0.3, -0.25) is 9.59 Å². The van der Waals surface area contributed by atoms with Gasteiger partial charge in [-0.25, -0.2) is 0 Å². The molecule has 4 rings (SSSR count). The van der Waals surface area contributed by atoms with E-state index in [9.17, 15) is 9.59 Å². The molecule has 1 N–H and O–H groups in total. The lowest BCUT2D eigenvalue weighted by Crippen LogP contribution is -2.32. The Bertz CT molecular complexity index is 870. The van der Waals surface area contributed by atoms with Gasteiger partial charge in [0.25, 0.3) is 0 Å². The molecule has 2 heterocycles. The van der Waals surface area contributed by atoms with Crippen LogP contribution in [0.2, 0.25) is 5.02 Å². The Morgan fingerprint density at radius 1 is 1.19 bits per heavy atom. The van der Waals surface area contributed by atoms with Gasteiger partial charge in [-0.1, -0.05) is 29.8 Å². The first-order chi connectivity index (χ1) is 12.6. The number of anilines is 1. The average molecular weight is 373 g/mol. The van der Waals surface area contributed by atoms with E-state index in [1.165, 1.54) is 0 Å². The third kappa shape index (κ3) is 3.20. The summed E-state index contributed by atoms with van der Waals surface area (Å²) in [5.74, 6) is 0.648. The zero-order chi connectivity index (χ0) is 18.1. The number of rotatable bonds is 4. The molecule has 0 aliphatic carbocycles. The SMILES string of the molecule is O=C(NCc1ccccc1Cl)C1CC(=O)N(c2ccc3c(c2)OCO3)C1. The van der Waals surface area contributed by atoms with Crippen molar-refractivity contribution in [1.29, 1.82) is 0 Å². The molecule has 1 atom stereocenters. The molecule has 0 bridgehead atoms. The van der Waals surface area contributed by atoms with Gasteiger partial charge in [0.2, 0.25) is 18.6 Å². The van der Waals surface area contributed by atoms with Gasteiger partial charge in [-0.15, -0.1) is 0 Å². The third-order valence-electron chi connectivity index (χ3n) is 4.57. The highest BCUT2D eigenvalue weighted by atomic mass is 35.5. The van der Waals surface area contributed by atoms with E-state index in [1.54, 1.807) is 29.2 Å². The molecule has 0 aromatic heterocycles. The van der Waals surface area contributed by atoms with Crippen LogP contribution in [0.1, 0.15) is 12.0 Å².